The number of anilines is 2. The lowest BCUT2D eigenvalue weighted by Gasteiger charge is -2.11. The number of benzene rings is 1. The summed E-state index contributed by atoms with van der Waals surface area (Å²) in [7, 11) is -3.83. The van der Waals surface area contributed by atoms with Gasteiger partial charge >= 0.3 is 0 Å². The van der Waals surface area contributed by atoms with Crippen molar-refractivity contribution < 1.29 is 13.2 Å². The molecule has 0 aliphatic carbocycles. The topological polar surface area (TPSA) is 141 Å². The Bertz CT molecular complexity index is 557. The van der Waals surface area contributed by atoms with Crippen molar-refractivity contribution in [1.82, 2.24) is 0 Å². The molecule has 0 saturated heterocycles. The Morgan fingerprint density at radius 3 is 2.53 bits per heavy atom. The van der Waals surface area contributed by atoms with Crippen molar-refractivity contribution in [3.8, 4) is 0 Å². The Kier molecular flexibility index (Phi) is 5.13. The van der Waals surface area contributed by atoms with Crippen molar-refractivity contribution in [3.05, 3.63) is 18.2 Å². The summed E-state index contributed by atoms with van der Waals surface area (Å²) in [6, 6.07) is 4.45. The highest BCUT2D eigenvalue weighted by atomic mass is 32.2. The molecule has 0 aliphatic rings. The number of hydrogen-bond acceptors (Lipinski definition) is 5. The van der Waals surface area contributed by atoms with E-state index in [0.29, 0.717) is 37.2 Å². The second-order valence-corrected chi connectivity index (χ2v) is 5.68. The molecule has 0 unspecified atom stereocenters. The number of hydrogen-bond donors (Lipinski definition) is 4. The van der Waals surface area contributed by atoms with E-state index in [1.165, 1.54) is 6.07 Å². The van der Waals surface area contributed by atoms with Gasteiger partial charge in [-0.25, -0.2) is 13.6 Å². The molecule has 1 rings (SSSR count). The van der Waals surface area contributed by atoms with Crippen LogP contribution in [0, 0.1) is 0 Å². The standard InChI is InChI=1S/C11H18N4O3S/c12-8-4-5-9(10(7-8)19(14,17)18)15-6-2-1-3-11(13)16/h4-5,7,15H,1-3,6,12H2,(H2,13,16)(H2,14,17,18). The van der Waals surface area contributed by atoms with Crippen LogP contribution in [0.15, 0.2) is 23.1 Å². The van der Waals surface area contributed by atoms with E-state index in [1.54, 1.807) is 12.1 Å². The fraction of sp³-hybridized carbons (Fsp3) is 0.364. The number of sulfonamides is 1. The van der Waals surface area contributed by atoms with Crippen LogP contribution in [0.25, 0.3) is 0 Å². The van der Waals surface area contributed by atoms with E-state index in [-0.39, 0.29) is 10.8 Å². The van der Waals surface area contributed by atoms with E-state index in [4.69, 9.17) is 16.6 Å². The number of nitrogens with two attached hydrogens (primary N) is 3. The maximum absolute atomic E-state index is 11.4. The van der Waals surface area contributed by atoms with Crippen LogP contribution in [-0.2, 0) is 14.8 Å². The zero-order valence-electron chi connectivity index (χ0n) is 10.4. The van der Waals surface area contributed by atoms with E-state index in [2.05, 4.69) is 5.32 Å². The van der Waals surface area contributed by atoms with Gasteiger partial charge < -0.3 is 16.8 Å². The summed E-state index contributed by atoms with van der Waals surface area (Å²) in [6.45, 7) is 0.514. The smallest absolute Gasteiger partial charge is 0.240 e. The molecule has 0 heterocycles. The Morgan fingerprint density at radius 1 is 1.26 bits per heavy atom. The SMILES string of the molecule is NC(=O)CCCCNc1ccc(N)cc1S(N)(=O)=O. The predicted molar refractivity (Wildman–Crippen MR) is 73.8 cm³/mol. The molecule has 0 spiro atoms. The summed E-state index contributed by atoms with van der Waals surface area (Å²) in [4.78, 5) is 10.5. The van der Waals surface area contributed by atoms with Crippen LogP contribution in [-0.4, -0.2) is 20.9 Å². The number of rotatable bonds is 7. The maximum atomic E-state index is 11.4. The molecule has 0 aromatic heterocycles. The predicted octanol–water partition coefficient (Wildman–Crippen LogP) is -0.0163. The van der Waals surface area contributed by atoms with Gasteiger partial charge in [0.05, 0.1) is 5.69 Å². The third kappa shape index (κ3) is 5.14. The molecule has 1 amide bonds. The Labute approximate surface area is 112 Å². The van der Waals surface area contributed by atoms with Crippen LogP contribution in [0.2, 0.25) is 0 Å². The minimum Gasteiger partial charge on any atom is -0.399 e. The average Bonchev–Trinajstić information content (AvgIpc) is 2.28. The zero-order chi connectivity index (χ0) is 14.5. The number of primary amides is 1. The quantitative estimate of drug-likeness (QED) is 0.412. The van der Waals surface area contributed by atoms with Crippen LogP contribution < -0.4 is 21.9 Å². The maximum Gasteiger partial charge on any atom is 0.240 e. The highest BCUT2D eigenvalue weighted by molar-refractivity contribution is 7.89. The third-order valence-corrected chi connectivity index (χ3v) is 3.43. The van der Waals surface area contributed by atoms with Gasteiger partial charge in [0.1, 0.15) is 4.90 Å². The fourth-order valence-corrected chi connectivity index (χ4v) is 2.31. The van der Waals surface area contributed by atoms with Gasteiger partial charge in [0, 0.05) is 18.7 Å². The summed E-state index contributed by atoms with van der Waals surface area (Å²) in [6.07, 6.45) is 1.64. The number of amides is 1. The lowest BCUT2D eigenvalue weighted by atomic mass is 10.2. The van der Waals surface area contributed by atoms with Crippen LogP contribution >= 0.6 is 0 Å². The minimum absolute atomic E-state index is 0.0394. The first kappa shape index (κ1) is 15.3. The summed E-state index contributed by atoms with van der Waals surface area (Å²) in [5.41, 5.74) is 11.3. The van der Waals surface area contributed by atoms with Crippen molar-refractivity contribution in [1.29, 1.82) is 0 Å². The van der Waals surface area contributed by atoms with Crippen LogP contribution in [0.4, 0.5) is 11.4 Å². The molecule has 1 aromatic carbocycles. The molecular weight excluding hydrogens is 268 g/mol. The summed E-state index contributed by atoms with van der Waals surface area (Å²) < 4.78 is 22.8. The molecule has 7 N–H and O–H groups in total. The van der Waals surface area contributed by atoms with Crippen molar-refractivity contribution in [3.63, 3.8) is 0 Å². The molecule has 1 aromatic rings. The number of primary sulfonamides is 1. The molecule has 8 heteroatoms. The summed E-state index contributed by atoms with van der Waals surface area (Å²) >= 11 is 0. The molecular formula is C11H18N4O3S. The Balaban J connectivity index is 2.66. The zero-order valence-corrected chi connectivity index (χ0v) is 11.2. The van der Waals surface area contributed by atoms with Crippen molar-refractivity contribution >= 4 is 27.3 Å². The number of unbranched alkanes of at least 4 members (excludes halogenated alkanes) is 1. The first-order chi connectivity index (χ1) is 8.80. The van der Waals surface area contributed by atoms with Gasteiger partial charge in [0.15, 0.2) is 0 Å². The van der Waals surface area contributed by atoms with Crippen molar-refractivity contribution in [2.75, 3.05) is 17.6 Å². The average molecular weight is 286 g/mol. The second-order valence-electron chi connectivity index (χ2n) is 4.15. The number of nitrogen functional groups attached to an aromatic ring is 1. The summed E-state index contributed by atoms with van der Waals surface area (Å²) in [5.74, 6) is -0.349. The third-order valence-electron chi connectivity index (χ3n) is 2.48. The second kappa shape index (κ2) is 6.39. The van der Waals surface area contributed by atoms with E-state index in [9.17, 15) is 13.2 Å². The largest absolute Gasteiger partial charge is 0.399 e. The van der Waals surface area contributed by atoms with Crippen LogP contribution in [0.1, 0.15) is 19.3 Å². The lowest BCUT2D eigenvalue weighted by Crippen LogP contribution is -2.16. The first-order valence-corrected chi connectivity index (χ1v) is 7.30. The first-order valence-electron chi connectivity index (χ1n) is 5.75. The van der Waals surface area contributed by atoms with Crippen LogP contribution in [0.5, 0.6) is 0 Å². The molecule has 7 nitrogen and oxygen atoms in total. The van der Waals surface area contributed by atoms with E-state index in [0.717, 1.165) is 0 Å². The van der Waals surface area contributed by atoms with Crippen LogP contribution in [0.3, 0.4) is 0 Å². The lowest BCUT2D eigenvalue weighted by molar-refractivity contribution is -0.118. The minimum atomic E-state index is -3.83. The highest BCUT2D eigenvalue weighted by Gasteiger charge is 2.13. The molecule has 0 radical (unpaired) electrons. The molecule has 0 fully saturated rings. The normalized spacial score (nSPS) is 11.2. The highest BCUT2D eigenvalue weighted by Crippen LogP contribution is 2.22. The van der Waals surface area contributed by atoms with Gasteiger partial charge in [0.2, 0.25) is 15.9 Å². The Hall–Kier alpha value is -1.80. The van der Waals surface area contributed by atoms with E-state index < -0.39 is 10.0 Å². The fourth-order valence-electron chi connectivity index (χ4n) is 1.57. The number of carbonyl (C=O) groups is 1. The molecule has 106 valence electrons. The van der Waals surface area contributed by atoms with Gasteiger partial charge in [-0.3, -0.25) is 4.79 Å². The van der Waals surface area contributed by atoms with Crippen molar-refractivity contribution in [2.45, 2.75) is 24.2 Å². The van der Waals surface area contributed by atoms with E-state index in [1.807, 2.05) is 0 Å². The number of carbonyl (C=O) groups excluding carboxylic acids is 1. The van der Waals surface area contributed by atoms with Gasteiger partial charge in [-0.2, -0.15) is 0 Å². The molecule has 0 aliphatic heterocycles. The molecule has 0 bridgehead atoms. The van der Waals surface area contributed by atoms with Gasteiger partial charge in [0.25, 0.3) is 0 Å². The number of nitrogens with one attached hydrogen (secondary N) is 1. The monoisotopic (exact) mass is 286 g/mol. The summed E-state index contributed by atoms with van der Waals surface area (Å²) in [5, 5.41) is 8.07. The van der Waals surface area contributed by atoms with E-state index >= 15 is 0 Å². The molecule has 0 atom stereocenters. The van der Waals surface area contributed by atoms with Crippen molar-refractivity contribution in [2.24, 2.45) is 10.9 Å². The van der Waals surface area contributed by atoms with Gasteiger partial charge in [-0.15, -0.1) is 0 Å². The molecule has 19 heavy (non-hydrogen) atoms. The Morgan fingerprint density at radius 2 is 1.95 bits per heavy atom. The van der Waals surface area contributed by atoms with Gasteiger partial charge in [-0.1, -0.05) is 0 Å². The molecule has 0 saturated carbocycles. The van der Waals surface area contributed by atoms with Gasteiger partial charge in [-0.05, 0) is 31.0 Å².